The summed E-state index contributed by atoms with van der Waals surface area (Å²) in [6.07, 6.45) is 7.81. The summed E-state index contributed by atoms with van der Waals surface area (Å²) in [4.78, 5) is 14.6. The Labute approximate surface area is 185 Å². The number of nitrogens with one attached hydrogen (secondary N) is 1. The standard InChI is InChI=1S/C25H37N3O3/c1-25(2,3)30-24(29)26-20-10-8-18(9-11-20)12-15-28-16-13-19(14-17-28)23-21-6-4-5-7-22(21)31-27-23/h4-7,18-20H,8-17H2,1-3H3,(H,26,29). The quantitative estimate of drug-likeness (QED) is 0.684. The zero-order valence-corrected chi connectivity index (χ0v) is 19.2. The Morgan fingerprint density at radius 2 is 1.84 bits per heavy atom. The highest BCUT2D eigenvalue weighted by molar-refractivity contribution is 5.79. The zero-order chi connectivity index (χ0) is 21.8. The van der Waals surface area contributed by atoms with Crippen LogP contribution < -0.4 is 5.32 Å². The highest BCUT2D eigenvalue weighted by atomic mass is 16.6. The van der Waals surface area contributed by atoms with Gasteiger partial charge in [-0.1, -0.05) is 17.3 Å². The van der Waals surface area contributed by atoms with Crippen LogP contribution in [0.25, 0.3) is 11.0 Å². The predicted octanol–water partition coefficient (Wildman–Crippen LogP) is 5.48. The number of hydrogen-bond donors (Lipinski definition) is 1. The first kappa shape index (κ1) is 22.1. The number of hydrogen-bond acceptors (Lipinski definition) is 5. The molecule has 170 valence electrons. The molecule has 6 nitrogen and oxygen atoms in total. The molecule has 1 aromatic heterocycles. The van der Waals surface area contributed by atoms with Crippen LogP contribution in [0.4, 0.5) is 4.79 Å². The van der Waals surface area contributed by atoms with Crippen molar-refractivity contribution >= 4 is 17.1 Å². The van der Waals surface area contributed by atoms with Crippen LogP contribution in [0.5, 0.6) is 0 Å². The van der Waals surface area contributed by atoms with Crippen molar-refractivity contribution in [3.63, 3.8) is 0 Å². The van der Waals surface area contributed by atoms with Gasteiger partial charge in [-0.3, -0.25) is 0 Å². The molecule has 0 bridgehead atoms. The number of benzene rings is 1. The average molecular weight is 428 g/mol. The second-order valence-electron chi connectivity index (χ2n) is 10.3. The lowest BCUT2D eigenvalue weighted by Crippen LogP contribution is -2.41. The molecule has 1 saturated heterocycles. The van der Waals surface area contributed by atoms with Crippen molar-refractivity contribution in [3.05, 3.63) is 30.0 Å². The van der Waals surface area contributed by atoms with Crippen LogP contribution in [0.3, 0.4) is 0 Å². The van der Waals surface area contributed by atoms with Gasteiger partial charge < -0.3 is 19.5 Å². The number of carbonyl (C=O) groups is 1. The number of alkyl carbamates (subject to hydrolysis) is 1. The summed E-state index contributed by atoms with van der Waals surface area (Å²) in [6, 6.07) is 8.45. The first-order chi connectivity index (χ1) is 14.9. The number of ether oxygens (including phenoxy) is 1. The van der Waals surface area contributed by atoms with Crippen molar-refractivity contribution in [3.8, 4) is 0 Å². The summed E-state index contributed by atoms with van der Waals surface area (Å²) in [5, 5.41) is 8.60. The topological polar surface area (TPSA) is 67.6 Å². The molecule has 1 amide bonds. The van der Waals surface area contributed by atoms with E-state index in [0.717, 1.165) is 56.0 Å². The molecule has 1 N–H and O–H groups in total. The van der Waals surface area contributed by atoms with Crippen LogP contribution in [-0.4, -0.2) is 47.4 Å². The number of fused-ring (bicyclic) bond motifs is 1. The summed E-state index contributed by atoms with van der Waals surface area (Å²) < 4.78 is 10.9. The number of aromatic nitrogens is 1. The lowest BCUT2D eigenvalue weighted by Gasteiger charge is -2.34. The Hall–Kier alpha value is -2.08. The highest BCUT2D eigenvalue weighted by Gasteiger charge is 2.27. The second-order valence-corrected chi connectivity index (χ2v) is 10.3. The molecule has 1 saturated carbocycles. The van der Waals surface area contributed by atoms with Crippen LogP contribution >= 0.6 is 0 Å². The summed E-state index contributed by atoms with van der Waals surface area (Å²) in [5.41, 5.74) is 1.61. The molecule has 4 rings (SSSR count). The minimum Gasteiger partial charge on any atom is -0.444 e. The van der Waals surface area contributed by atoms with E-state index in [2.05, 4.69) is 27.5 Å². The van der Waals surface area contributed by atoms with Crippen molar-refractivity contribution in [2.24, 2.45) is 5.92 Å². The molecule has 2 aliphatic rings. The number of para-hydroxylation sites is 1. The Kier molecular flexibility index (Phi) is 6.85. The monoisotopic (exact) mass is 427 g/mol. The summed E-state index contributed by atoms with van der Waals surface area (Å²) in [6.45, 7) is 9.17. The molecule has 1 aliphatic carbocycles. The second kappa shape index (κ2) is 9.60. The fourth-order valence-corrected chi connectivity index (χ4v) is 5.06. The lowest BCUT2D eigenvalue weighted by molar-refractivity contribution is 0.0485. The van der Waals surface area contributed by atoms with E-state index in [4.69, 9.17) is 9.26 Å². The minimum atomic E-state index is -0.435. The molecule has 0 spiro atoms. The third-order valence-corrected chi connectivity index (χ3v) is 6.80. The molecule has 1 aromatic carbocycles. The molecule has 2 fully saturated rings. The summed E-state index contributed by atoms with van der Waals surface area (Å²) in [5.74, 6) is 1.28. The number of rotatable bonds is 5. The number of piperidine rings is 1. The first-order valence-corrected chi connectivity index (χ1v) is 11.9. The Morgan fingerprint density at radius 1 is 1.13 bits per heavy atom. The maximum Gasteiger partial charge on any atom is 0.407 e. The number of likely N-dealkylation sites (tertiary alicyclic amines) is 1. The molecule has 1 aliphatic heterocycles. The van der Waals surface area contributed by atoms with Crippen molar-refractivity contribution in [2.75, 3.05) is 19.6 Å². The van der Waals surface area contributed by atoms with Gasteiger partial charge in [-0.2, -0.15) is 0 Å². The largest absolute Gasteiger partial charge is 0.444 e. The van der Waals surface area contributed by atoms with Gasteiger partial charge in [-0.15, -0.1) is 0 Å². The van der Waals surface area contributed by atoms with Crippen molar-refractivity contribution in [1.29, 1.82) is 0 Å². The third-order valence-electron chi connectivity index (χ3n) is 6.80. The Morgan fingerprint density at radius 3 is 2.55 bits per heavy atom. The number of nitrogens with zero attached hydrogens (tertiary/aromatic N) is 2. The molecule has 0 unspecified atom stereocenters. The number of amides is 1. The van der Waals surface area contributed by atoms with E-state index >= 15 is 0 Å². The van der Waals surface area contributed by atoms with Gasteiger partial charge in [0.2, 0.25) is 0 Å². The van der Waals surface area contributed by atoms with Crippen molar-refractivity contribution in [2.45, 2.75) is 83.3 Å². The van der Waals surface area contributed by atoms with Gasteiger partial charge in [0.15, 0.2) is 5.58 Å². The Balaban J connectivity index is 1.15. The molecule has 2 aromatic rings. The molecular formula is C25H37N3O3. The SMILES string of the molecule is CC(C)(C)OC(=O)NC1CCC(CCN2CCC(c3noc4ccccc34)CC2)CC1. The van der Waals surface area contributed by atoms with E-state index < -0.39 is 5.60 Å². The minimum absolute atomic E-state index is 0.263. The molecular weight excluding hydrogens is 390 g/mol. The fraction of sp³-hybridized carbons (Fsp3) is 0.680. The average Bonchev–Trinajstić information content (AvgIpc) is 3.16. The maximum absolute atomic E-state index is 12.0. The van der Waals surface area contributed by atoms with Gasteiger partial charge >= 0.3 is 6.09 Å². The van der Waals surface area contributed by atoms with E-state index in [9.17, 15) is 4.79 Å². The van der Waals surface area contributed by atoms with E-state index in [-0.39, 0.29) is 12.1 Å². The summed E-state index contributed by atoms with van der Waals surface area (Å²) in [7, 11) is 0. The fourth-order valence-electron chi connectivity index (χ4n) is 5.06. The van der Waals surface area contributed by atoms with Crippen LogP contribution in [0.15, 0.2) is 28.8 Å². The normalized spacial score (nSPS) is 23.7. The van der Waals surface area contributed by atoms with Gasteiger partial charge in [0.05, 0.1) is 5.69 Å². The number of carbonyl (C=O) groups excluding carboxylic acids is 1. The zero-order valence-electron chi connectivity index (χ0n) is 19.2. The van der Waals surface area contributed by atoms with Crippen LogP contribution in [0, 0.1) is 5.92 Å². The summed E-state index contributed by atoms with van der Waals surface area (Å²) >= 11 is 0. The molecule has 0 atom stereocenters. The van der Waals surface area contributed by atoms with Gasteiger partial charge in [0.1, 0.15) is 5.60 Å². The first-order valence-electron chi connectivity index (χ1n) is 11.9. The van der Waals surface area contributed by atoms with Crippen LogP contribution in [0.1, 0.15) is 77.3 Å². The maximum atomic E-state index is 12.0. The van der Waals surface area contributed by atoms with Crippen LogP contribution in [-0.2, 0) is 4.74 Å². The van der Waals surface area contributed by atoms with Gasteiger partial charge in [-0.05, 0) is 103 Å². The molecule has 2 heterocycles. The van der Waals surface area contributed by atoms with Crippen molar-refractivity contribution in [1.82, 2.24) is 15.4 Å². The predicted molar refractivity (Wildman–Crippen MR) is 122 cm³/mol. The lowest BCUT2D eigenvalue weighted by atomic mass is 9.84. The third kappa shape index (κ3) is 6.00. The highest BCUT2D eigenvalue weighted by Crippen LogP contribution is 2.33. The van der Waals surface area contributed by atoms with Crippen LogP contribution in [0.2, 0.25) is 0 Å². The van der Waals surface area contributed by atoms with Gasteiger partial charge in [0.25, 0.3) is 0 Å². The van der Waals surface area contributed by atoms with Crippen molar-refractivity contribution < 1.29 is 14.1 Å². The van der Waals surface area contributed by atoms with Gasteiger partial charge in [0, 0.05) is 17.3 Å². The molecule has 31 heavy (non-hydrogen) atoms. The Bertz CT molecular complexity index is 856. The smallest absolute Gasteiger partial charge is 0.407 e. The van der Waals surface area contributed by atoms with E-state index in [1.54, 1.807) is 0 Å². The molecule has 0 radical (unpaired) electrons. The van der Waals surface area contributed by atoms with E-state index in [1.165, 1.54) is 31.2 Å². The van der Waals surface area contributed by atoms with Gasteiger partial charge in [-0.25, -0.2) is 4.79 Å². The molecule has 6 heteroatoms. The van der Waals surface area contributed by atoms with E-state index in [0.29, 0.717) is 5.92 Å². The van der Waals surface area contributed by atoms with E-state index in [1.807, 2.05) is 32.9 Å².